The van der Waals surface area contributed by atoms with Crippen LogP contribution in [0.5, 0.6) is 0 Å². The molecule has 2 aromatic rings. The molecule has 0 radical (unpaired) electrons. The van der Waals surface area contributed by atoms with Crippen LogP contribution in [0.1, 0.15) is 11.3 Å². The van der Waals surface area contributed by atoms with Gasteiger partial charge in [-0.1, -0.05) is 28.1 Å². The molecule has 0 amide bonds. The number of hydrogen-bond donors (Lipinski definition) is 2. The van der Waals surface area contributed by atoms with Crippen LogP contribution in [0, 0.1) is 0 Å². The molecule has 0 bridgehead atoms. The topological polar surface area (TPSA) is 81.0 Å². The van der Waals surface area contributed by atoms with Crippen LogP contribution in [0.15, 0.2) is 41.3 Å². The Kier molecular flexibility index (Phi) is 4.70. The van der Waals surface area contributed by atoms with Gasteiger partial charge in [0, 0.05) is 22.8 Å². The number of nitrogens with zero attached hydrogens (tertiary/aromatic N) is 1. The number of nitrogens with one attached hydrogen (secondary N) is 1. The molecule has 1 aromatic heterocycles. The number of H-pyrrole nitrogens is 1. The summed E-state index contributed by atoms with van der Waals surface area (Å²) in [4.78, 5) is 18.5. The number of nitrogens with two attached hydrogens (primary N) is 1. The molecule has 0 saturated carbocycles. The number of rotatable bonds is 5. The third kappa shape index (κ3) is 4.18. The minimum atomic E-state index is -0.684. The molecule has 2 rings (SSSR count). The predicted octanol–water partition coefficient (Wildman–Crippen LogP) is 1.79. The molecule has 0 aliphatic carbocycles. The van der Waals surface area contributed by atoms with Crippen LogP contribution in [0.2, 0.25) is 0 Å². The Morgan fingerprint density at radius 2 is 2.16 bits per heavy atom. The third-order valence-corrected chi connectivity index (χ3v) is 3.12. The van der Waals surface area contributed by atoms with Crippen molar-refractivity contribution in [2.75, 3.05) is 0 Å². The number of imidazole rings is 1. The van der Waals surface area contributed by atoms with Gasteiger partial charge in [0.15, 0.2) is 0 Å². The Labute approximate surface area is 119 Å². The standard InChI is InChI=1S/C13H14BrN3O2/c14-10-3-1-9(2-4-10)7-19-13(18)12(15)5-11-6-16-8-17-11/h1-4,6,8,12H,5,7,15H2,(H,16,17)/t12-/m0/s1. The Hall–Kier alpha value is -1.66. The van der Waals surface area contributed by atoms with Crippen LogP contribution in [-0.2, 0) is 22.6 Å². The summed E-state index contributed by atoms with van der Waals surface area (Å²) in [6.45, 7) is 0.225. The first-order valence-electron chi connectivity index (χ1n) is 5.79. The van der Waals surface area contributed by atoms with Gasteiger partial charge in [-0.3, -0.25) is 4.79 Å². The van der Waals surface area contributed by atoms with Gasteiger partial charge in [-0.25, -0.2) is 4.98 Å². The minimum Gasteiger partial charge on any atom is -0.460 e. The lowest BCUT2D eigenvalue weighted by Crippen LogP contribution is -2.34. The molecule has 0 saturated heterocycles. The average Bonchev–Trinajstić information content (AvgIpc) is 2.90. The van der Waals surface area contributed by atoms with E-state index in [1.54, 1.807) is 12.5 Å². The molecule has 3 N–H and O–H groups in total. The summed E-state index contributed by atoms with van der Waals surface area (Å²) in [6, 6.07) is 6.88. The van der Waals surface area contributed by atoms with Crippen molar-refractivity contribution < 1.29 is 9.53 Å². The van der Waals surface area contributed by atoms with Gasteiger partial charge >= 0.3 is 5.97 Å². The van der Waals surface area contributed by atoms with E-state index in [-0.39, 0.29) is 6.61 Å². The highest BCUT2D eigenvalue weighted by atomic mass is 79.9. The number of benzene rings is 1. The maximum absolute atomic E-state index is 11.7. The van der Waals surface area contributed by atoms with Gasteiger partial charge in [0.2, 0.25) is 0 Å². The second-order valence-corrected chi connectivity index (χ2v) is 5.04. The summed E-state index contributed by atoms with van der Waals surface area (Å²) in [7, 11) is 0. The number of ether oxygens (including phenoxy) is 1. The van der Waals surface area contributed by atoms with Crippen molar-refractivity contribution in [3.8, 4) is 0 Å². The highest BCUT2D eigenvalue weighted by molar-refractivity contribution is 9.10. The van der Waals surface area contributed by atoms with E-state index >= 15 is 0 Å². The quantitative estimate of drug-likeness (QED) is 0.822. The van der Waals surface area contributed by atoms with Crippen molar-refractivity contribution >= 4 is 21.9 Å². The Morgan fingerprint density at radius 1 is 1.42 bits per heavy atom. The molecule has 0 aliphatic heterocycles. The van der Waals surface area contributed by atoms with E-state index in [1.165, 1.54) is 0 Å². The molecule has 100 valence electrons. The van der Waals surface area contributed by atoms with Crippen LogP contribution in [0.4, 0.5) is 0 Å². The fourth-order valence-corrected chi connectivity index (χ4v) is 1.82. The molecule has 5 nitrogen and oxygen atoms in total. The zero-order valence-electron chi connectivity index (χ0n) is 10.2. The molecular weight excluding hydrogens is 310 g/mol. The lowest BCUT2D eigenvalue weighted by Gasteiger charge is -2.10. The fourth-order valence-electron chi connectivity index (χ4n) is 1.56. The van der Waals surface area contributed by atoms with Crippen LogP contribution in [0.3, 0.4) is 0 Å². The van der Waals surface area contributed by atoms with Crippen LogP contribution in [0.25, 0.3) is 0 Å². The maximum Gasteiger partial charge on any atom is 0.323 e. The number of halogens is 1. The zero-order valence-corrected chi connectivity index (χ0v) is 11.8. The number of carbonyl (C=O) groups is 1. The van der Waals surface area contributed by atoms with E-state index in [1.807, 2.05) is 24.3 Å². The molecule has 1 heterocycles. The van der Waals surface area contributed by atoms with Crippen LogP contribution >= 0.6 is 15.9 Å². The van der Waals surface area contributed by atoms with Crippen molar-refractivity contribution in [1.29, 1.82) is 0 Å². The number of hydrogen-bond acceptors (Lipinski definition) is 4. The summed E-state index contributed by atoms with van der Waals surface area (Å²) >= 11 is 3.34. The number of aromatic nitrogens is 2. The summed E-state index contributed by atoms with van der Waals surface area (Å²) in [5.41, 5.74) is 7.50. The normalized spacial score (nSPS) is 12.1. The molecule has 0 spiro atoms. The predicted molar refractivity (Wildman–Crippen MR) is 74.2 cm³/mol. The summed E-state index contributed by atoms with van der Waals surface area (Å²) in [5.74, 6) is -0.419. The lowest BCUT2D eigenvalue weighted by molar-refractivity contribution is -0.146. The first-order chi connectivity index (χ1) is 9.15. The molecule has 1 aromatic carbocycles. The SMILES string of the molecule is N[C@@H](Cc1cnc[nH]1)C(=O)OCc1ccc(Br)cc1. The van der Waals surface area contributed by atoms with Gasteiger partial charge in [0.1, 0.15) is 12.6 Å². The zero-order chi connectivity index (χ0) is 13.7. The summed E-state index contributed by atoms with van der Waals surface area (Å²) < 4.78 is 6.15. The van der Waals surface area contributed by atoms with Gasteiger partial charge in [0.25, 0.3) is 0 Å². The summed E-state index contributed by atoms with van der Waals surface area (Å²) in [5, 5.41) is 0. The molecule has 0 unspecified atom stereocenters. The van der Waals surface area contributed by atoms with Gasteiger partial charge in [-0.05, 0) is 17.7 Å². The Morgan fingerprint density at radius 3 is 2.79 bits per heavy atom. The molecular formula is C13H14BrN3O2. The second kappa shape index (κ2) is 6.49. The van der Waals surface area contributed by atoms with Gasteiger partial charge < -0.3 is 15.5 Å². The molecule has 1 atom stereocenters. The van der Waals surface area contributed by atoms with Crippen molar-refractivity contribution in [3.05, 3.63) is 52.5 Å². The summed E-state index contributed by atoms with van der Waals surface area (Å²) in [6.07, 6.45) is 3.58. The van der Waals surface area contributed by atoms with Crippen molar-refractivity contribution in [2.45, 2.75) is 19.1 Å². The molecule has 19 heavy (non-hydrogen) atoms. The van der Waals surface area contributed by atoms with E-state index in [4.69, 9.17) is 10.5 Å². The lowest BCUT2D eigenvalue weighted by atomic mass is 10.2. The number of esters is 1. The minimum absolute atomic E-state index is 0.225. The van der Waals surface area contributed by atoms with Gasteiger partial charge in [0.05, 0.1) is 6.33 Å². The van der Waals surface area contributed by atoms with E-state index in [0.717, 1.165) is 15.7 Å². The van der Waals surface area contributed by atoms with E-state index in [9.17, 15) is 4.79 Å². The molecule has 0 fully saturated rings. The highest BCUT2D eigenvalue weighted by Gasteiger charge is 2.16. The Balaban J connectivity index is 1.82. The molecule has 0 aliphatic rings. The highest BCUT2D eigenvalue weighted by Crippen LogP contribution is 2.11. The van der Waals surface area contributed by atoms with Gasteiger partial charge in [-0.15, -0.1) is 0 Å². The van der Waals surface area contributed by atoms with Crippen molar-refractivity contribution in [3.63, 3.8) is 0 Å². The van der Waals surface area contributed by atoms with E-state index in [2.05, 4.69) is 25.9 Å². The van der Waals surface area contributed by atoms with Crippen LogP contribution in [-0.4, -0.2) is 22.0 Å². The number of aromatic amines is 1. The third-order valence-electron chi connectivity index (χ3n) is 2.59. The molecule has 6 heteroatoms. The monoisotopic (exact) mass is 323 g/mol. The Bertz CT molecular complexity index is 525. The van der Waals surface area contributed by atoms with Crippen molar-refractivity contribution in [1.82, 2.24) is 9.97 Å². The largest absolute Gasteiger partial charge is 0.460 e. The second-order valence-electron chi connectivity index (χ2n) is 4.12. The number of carbonyl (C=O) groups excluding carboxylic acids is 1. The van der Waals surface area contributed by atoms with E-state index in [0.29, 0.717) is 6.42 Å². The fraction of sp³-hybridized carbons (Fsp3) is 0.231. The average molecular weight is 324 g/mol. The van der Waals surface area contributed by atoms with Gasteiger partial charge in [-0.2, -0.15) is 0 Å². The van der Waals surface area contributed by atoms with Crippen molar-refractivity contribution in [2.24, 2.45) is 5.73 Å². The van der Waals surface area contributed by atoms with E-state index < -0.39 is 12.0 Å². The first kappa shape index (κ1) is 13.8. The smallest absolute Gasteiger partial charge is 0.323 e. The van der Waals surface area contributed by atoms with Crippen LogP contribution < -0.4 is 5.73 Å². The maximum atomic E-state index is 11.7. The first-order valence-corrected chi connectivity index (χ1v) is 6.58.